The highest BCUT2D eigenvalue weighted by Gasteiger charge is 2.11. The maximum atomic E-state index is 4.38. The number of pyridine rings is 2. The van der Waals surface area contributed by atoms with Crippen molar-refractivity contribution in [2.75, 3.05) is 6.54 Å². The van der Waals surface area contributed by atoms with E-state index >= 15 is 0 Å². The number of aromatic nitrogens is 2. The van der Waals surface area contributed by atoms with Gasteiger partial charge in [0.15, 0.2) is 0 Å². The van der Waals surface area contributed by atoms with Crippen molar-refractivity contribution in [3.63, 3.8) is 0 Å². The van der Waals surface area contributed by atoms with Crippen LogP contribution >= 0.6 is 0 Å². The van der Waals surface area contributed by atoms with Crippen LogP contribution in [0.2, 0.25) is 0 Å². The fraction of sp³-hybridized carbons (Fsp3) is 0.176. The van der Waals surface area contributed by atoms with Crippen LogP contribution < -0.4 is 5.32 Å². The third-order valence-electron chi connectivity index (χ3n) is 3.95. The molecule has 98 valence electrons. The minimum Gasteiger partial charge on any atom is -0.312 e. The van der Waals surface area contributed by atoms with Crippen molar-refractivity contribution in [1.82, 2.24) is 15.3 Å². The molecule has 3 heteroatoms. The van der Waals surface area contributed by atoms with Gasteiger partial charge in [-0.1, -0.05) is 12.1 Å². The second-order valence-corrected chi connectivity index (χ2v) is 5.16. The highest BCUT2D eigenvalue weighted by atomic mass is 14.9. The van der Waals surface area contributed by atoms with E-state index in [2.05, 4.69) is 39.6 Å². The van der Waals surface area contributed by atoms with Gasteiger partial charge >= 0.3 is 0 Å². The summed E-state index contributed by atoms with van der Waals surface area (Å²) >= 11 is 0. The van der Waals surface area contributed by atoms with Crippen molar-refractivity contribution in [2.24, 2.45) is 0 Å². The van der Waals surface area contributed by atoms with Crippen LogP contribution in [0.1, 0.15) is 11.1 Å². The van der Waals surface area contributed by atoms with Crippen molar-refractivity contribution in [3.05, 3.63) is 60.0 Å². The van der Waals surface area contributed by atoms with Gasteiger partial charge in [-0.2, -0.15) is 0 Å². The summed E-state index contributed by atoms with van der Waals surface area (Å²) in [7, 11) is 0. The topological polar surface area (TPSA) is 37.8 Å². The number of benzene rings is 1. The van der Waals surface area contributed by atoms with Gasteiger partial charge in [0.1, 0.15) is 0 Å². The maximum Gasteiger partial charge on any atom is 0.0891 e. The van der Waals surface area contributed by atoms with Gasteiger partial charge in [-0.3, -0.25) is 9.97 Å². The molecule has 20 heavy (non-hydrogen) atoms. The van der Waals surface area contributed by atoms with Crippen molar-refractivity contribution >= 4 is 10.9 Å². The molecule has 0 saturated heterocycles. The lowest BCUT2D eigenvalue weighted by molar-refractivity contribution is 0.644. The first kappa shape index (κ1) is 11.6. The van der Waals surface area contributed by atoms with E-state index in [1.54, 1.807) is 0 Å². The van der Waals surface area contributed by atoms with E-state index in [9.17, 15) is 0 Å². The zero-order valence-electron chi connectivity index (χ0n) is 11.1. The molecule has 1 aromatic carbocycles. The van der Waals surface area contributed by atoms with E-state index in [0.29, 0.717) is 0 Å². The molecule has 1 N–H and O–H groups in total. The summed E-state index contributed by atoms with van der Waals surface area (Å²) in [5.74, 6) is 0. The normalized spacial score (nSPS) is 14.2. The predicted molar refractivity (Wildman–Crippen MR) is 80.4 cm³/mol. The quantitative estimate of drug-likeness (QED) is 0.732. The Morgan fingerprint density at radius 3 is 3.00 bits per heavy atom. The standard InChI is InChI=1S/C17H15N3/c1-2-13(9-14-10-18-6-3-12(1)14)15-5-8-20-17-11-19-7-4-16(15)17/h1-2,4-5,7-9,11,18H,3,6,10H2. The summed E-state index contributed by atoms with van der Waals surface area (Å²) < 4.78 is 0. The van der Waals surface area contributed by atoms with E-state index in [-0.39, 0.29) is 0 Å². The molecule has 1 aliphatic heterocycles. The molecule has 0 spiro atoms. The van der Waals surface area contributed by atoms with E-state index < -0.39 is 0 Å². The Balaban J connectivity index is 1.91. The number of hydrogen-bond acceptors (Lipinski definition) is 3. The Morgan fingerprint density at radius 2 is 2.00 bits per heavy atom. The molecular weight excluding hydrogens is 246 g/mol. The van der Waals surface area contributed by atoms with Crippen LogP contribution in [0.25, 0.3) is 22.0 Å². The van der Waals surface area contributed by atoms with E-state index in [0.717, 1.165) is 30.4 Å². The van der Waals surface area contributed by atoms with E-state index in [1.807, 2.05) is 24.7 Å². The van der Waals surface area contributed by atoms with Gasteiger partial charge in [-0.05, 0) is 53.4 Å². The number of nitrogens with zero attached hydrogens (tertiary/aromatic N) is 2. The van der Waals surface area contributed by atoms with E-state index in [1.165, 1.54) is 22.3 Å². The second-order valence-electron chi connectivity index (χ2n) is 5.16. The number of rotatable bonds is 1. The average molecular weight is 261 g/mol. The zero-order chi connectivity index (χ0) is 13.4. The van der Waals surface area contributed by atoms with Crippen molar-refractivity contribution in [3.8, 4) is 11.1 Å². The fourth-order valence-electron chi connectivity index (χ4n) is 2.90. The molecule has 4 rings (SSSR count). The summed E-state index contributed by atoms with van der Waals surface area (Å²) in [5, 5.41) is 4.59. The lowest BCUT2D eigenvalue weighted by Gasteiger charge is -2.18. The molecule has 0 aliphatic carbocycles. The molecule has 0 saturated carbocycles. The highest BCUT2D eigenvalue weighted by Crippen LogP contribution is 2.29. The third-order valence-corrected chi connectivity index (χ3v) is 3.95. The van der Waals surface area contributed by atoms with Gasteiger partial charge < -0.3 is 5.32 Å². The summed E-state index contributed by atoms with van der Waals surface area (Å²) in [6.07, 6.45) is 6.62. The molecule has 3 aromatic rings. The molecule has 0 radical (unpaired) electrons. The van der Waals surface area contributed by atoms with Gasteiger partial charge in [-0.15, -0.1) is 0 Å². The molecule has 0 fully saturated rings. The number of fused-ring (bicyclic) bond motifs is 2. The van der Waals surface area contributed by atoms with Gasteiger partial charge in [-0.25, -0.2) is 0 Å². The van der Waals surface area contributed by atoms with E-state index in [4.69, 9.17) is 0 Å². The largest absolute Gasteiger partial charge is 0.312 e. The molecule has 0 unspecified atom stereocenters. The molecule has 0 atom stereocenters. The first-order valence-electron chi connectivity index (χ1n) is 6.93. The lowest BCUT2D eigenvalue weighted by Crippen LogP contribution is -2.23. The molecule has 3 heterocycles. The van der Waals surface area contributed by atoms with Crippen LogP contribution in [0.3, 0.4) is 0 Å². The minimum absolute atomic E-state index is 0.945. The molecule has 3 nitrogen and oxygen atoms in total. The molecule has 2 aromatic heterocycles. The Morgan fingerprint density at radius 1 is 1.00 bits per heavy atom. The monoisotopic (exact) mass is 261 g/mol. The first-order valence-corrected chi connectivity index (χ1v) is 6.93. The zero-order valence-corrected chi connectivity index (χ0v) is 11.1. The number of hydrogen-bond donors (Lipinski definition) is 1. The molecule has 0 amide bonds. The third kappa shape index (κ3) is 1.87. The van der Waals surface area contributed by atoms with Crippen LogP contribution in [0.15, 0.2) is 48.9 Å². The second kappa shape index (κ2) is 4.69. The van der Waals surface area contributed by atoms with Crippen LogP contribution in [0.5, 0.6) is 0 Å². The smallest absolute Gasteiger partial charge is 0.0891 e. The Bertz CT molecular complexity index is 775. The van der Waals surface area contributed by atoms with Gasteiger partial charge in [0, 0.05) is 24.3 Å². The van der Waals surface area contributed by atoms with Gasteiger partial charge in [0.05, 0.1) is 11.7 Å². The molecule has 0 bridgehead atoms. The number of nitrogens with one attached hydrogen (secondary N) is 1. The Hall–Kier alpha value is -2.26. The molecule has 1 aliphatic rings. The average Bonchev–Trinajstić information content (AvgIpc) is 2.54. The van der Waals surface area contributed by atoms with Crippen molar-refractivity contribution in [1.29, 1.82) is 0 Å². The van der Waals surface area contributed by atoms with Crippen LogP contribution in [0, 0.1) is 0 Å². The Labute approximate surface area is 117 Å². The molecular formula is C17H15N3. The summed E-state index contributed by atoms with van der Waals surface area (Å²) in [4.78, 5) is 8.53. The minimum atomic E-state index is 0.945. The summed E-state index contributed by atoms with van der Waals surface area (Å²) in [5.41, 5.74) is 6.30. The summed E-state index contributed by atoms with van der Waals surface area (Å²) in [6.45, 7) is 2.05. The van der Waals surface area contributed by atoms with Crippen molar-refractivity contribution in [2.45, 2.75) is 13.0 Å². The first-order chi connectivity index (χ1) is 9.92. The summed E-state index contributed by atoms with van der Waals surface area (Å²) in [6, 6.07) is 10.9. The SMILES string of the molecule is c1cc2c(-c3ccc4c(c3)CNCC4)ccnc2cn1. The Kier molecular flexibility index (Phi) is 2.71. The predicted octanol–water partition coefficient (Wildman–Crippen LogP) is 2.94. The van der Waals surface area contributed by atoms with Crippen LogP contribution in [-0.2, 0) is 13.0 Å². The van der Waals surface area contributed by atoms with Crippen LogP contribution in [-0.4, -0.2) is 16.5 Å². The van der Waals surface area contributed by atoms with Crippen molar-refractivity contribution < 1.29 is 0 Å². The van der Waals surface area contributed by atoms with Gasteiger partial charge in [0.2, 0.25) is 0 Å². The fourth-order valence-corrected chi connectivity index (χ4v) is 2.90. The van der Waals surface area contributed by atoms with Gasteiger partial charge in [0.25, 0.3) is 0 Å². The highest BCUT2D eigenvalue weighted by molar-refractivity contribution is 5.93. The lowest BCUT2D eigenvalue weighted by atomic mass is 9.94. The van der Waals surface area contributed by atoms with Crippen LogP contribution in [0.4, 0.5) is 0 Å². The maximum absolute atomic E-state index is 4.38.